The summed E-state index contributed by atoms with van der Waals surface area (Å²) < 4.78 is 11.4. The van der Waals surface area contributed by atoms with Crippen LogP contribution in [0.1, 0.15) is 17.5 Å². The van der Waals surface area contributed by atoms with Crippen LogP contribution >= 0.6 is 0 Å². The number of hydrogen-bond donors (Lipinski definition) is 1. The van der Waals surface area contributed by atoms with Crippen LogP contribution in [0.3, 0.4) is 0 Å². The summed E-state index contributed by atoms with van der Waals surface area (Å²) in [6.45, 7) is 5.43. The van der Waals surface area contributed by atoms with E-state index < -0.39 is 0 Å². The summed E-state index contributed by atoms with van der Waals surface area (Å²) >= 11 is 0. The number of aryl methyl sites for hydroxylation is 2. The average molecular weight is 271 g/mol. The summed E-state index contributed by atoms with van der Waals surface area (Å²) in [7, 11) is 0. The van der Waals surface area contributed by atoms with Crippen molar-refractivity contribution in [2.45, 2.75) is 20.3 Å². The number of benzene rings is 2. The van der Waals surface area contributed by atoms with Crippen molar-refractivity contribution in [3.05, 3.63) is 53.6 Å². The monoisotopic (exact) mass is 271 g/mol. The first-order valence-electron chi connectivity index (χ1n) is 6.83. The second-order valence-electron chi connectivity index (χ2n) is 4.89. The highest BCUT2D eigenvalue weighted by atomic mass is 16.5. The van der Waals surface area contributed by atoms with E-state index in [1.165, 1.54) is 11.1 Å². The predicted molar refractivity (Wildman–Crippen MR) is 82.4 cm³/mol. The third-order valence-electron chi connectivity index (χ3n) is 3.03. The smallest absolute Gasteiger partial charge is 0.122 e. The van der Waals surface area contributed by atoms with Crippen LogP contribution in [-0.4, -0.2) is 13.2 Å². The van der Waals surface area contributed by atoms with Gasteiger partial charge in [-0.2, -0.15) is 0 Å². The highest BCUT2D eigenvalue weighted by molar-refractivity contribution is 5.41. The molecule has 106 valence electrons. The van der Waals surface area contributed by atoms with E-state index in [4.69, 9.17) is 15.2 Å². The summed E-state index contributed by atoms with van der Waals surface area (Å²) in [4.78, 5) is 0. The minimum absolute atomic E-state index is 0.634. The molecule has 0 radical (unpaired) electrons. The topological polar surface area (TPSA) is 44.5 Å². The normalized spacial score (nSPS) is 10.3. The summed E-state index contributed by atoms with van der Waals surface area (Å²) in [5.74, 6) is 1.79. The van der Waals surface area contributed by atoms with Crippen molar-refractivity contribution in [2.24, 2.45) is 0 Å². The quantitative estimate of drug-likeness (QED) is 0.643. The molecule has 0 aliphatic rings. The molecule has 0 saturated carbocycles. The molecule has 0 saturated heterocycles. The SMILES string of the molecule is Cc1ccc(OCCCOc2ccc(N)cc2)c(C)c1. The molecule has 2 N–H and O–H groups in total. The van der Waals surface area contributed by atoms with Gasteiger partial charge in [0.2, 0.25) is 0 Å². The summed E-state index contributed by atoms with van der Waals surface area (Å²) in [6, 6.07) is 13.6. The van der Waals surface area contributed by atoms with E-state index in [1.807, 2.05) is 30.3 Å². The van der Waals surface area contributed by atoms with Crippen LogP contribution in [0.25, 0.3) is 0 Å². The van der Waals surface area contributed by atoms with Crippen molar-refractivity contribution in [1.29, 1.82) is 0 Å². The van der Waals surface area contributed by atoms with Crippen molar-refractivity contribution in [3.63, 3.8) is 0 Å². The van der Waals surface area contributed by atoms with E-state index in [0.717, 1.165) is 23.6 Å². The maximum atomic E-state index is 5.75. The van der Waals surface area contributed by atoms with Gasteiger partial charge in [-0.15, -0.1) is 0 Å². The van der Waals surface area contributed by atoms with Gasteiger partial charge < -0.3 is 15.2 Å². The van der Waals surface area contributed by atoms with Gasteiger partial charge in [0.15, 0.2) is 0 Å². The van der Waals surface area contributed by atoms with E-state index >= 15 is 0 Å². The number of nitrogen functional groups attached to an aromatic ring is 1. The molecule has 3 heteroatoms. The molecule has 2 aromatic carbocycles. The summed E-state index contributed by atoms with van der Waals surface area (Å²) in [5, 5.41) is 0. The van der Waals surface area contributed by atoms with Crippen LogP contribution in [0, 0.1) is 13.8 Å². The fraction of sp³-hybridized carbons (Fsp3) is 0.294. The van der Waals surface area contributed by atoms with E-state index in [9.17, 15) is 0 Å². The molecule has 0 heterocycles. The Hall–Kier alpha value is -2.16. The first-order valence-corrected chi connectivity index (χ1v) is 6.83. The molecule has 0 atom stereocenters. The molecule has 20 heavy (non-hydrogen) atoms. The van der Waals surface area contributed by atoms with Crippen LogP contribution in [0.4, 0.5) is 5.69 Å². The fourth-order valence-electron chi connectivity index (χ4n) is 1.96. The van der Waals surface area contributed by atoms with E-state index in [-0.39, 0.29) is 0 Å². The molecule has 0 unspecified atom stereocenters. The molecule has 2 rings (SSSR count). The molecular formula is C17H21NO2. The Morgan fingerprint density at radius 3 is 2.30 bits per heavy atom. The maximum absolute atomic E-state index is 5.75. The van der Waals surface area contributed by atoms with Crippen molar-refractivity contribution in [1.82, 2.24) is 0 Å². The standard InChI is InChI=1S/C17H21NO2/c1-13-4-9-17(14(2)12-13)20-11-3-10-19-16-7-5-15(18)6-8-16/h4-9,12H,3,10-11,18H2,1-2H3. The Bertz CT molecular complexity index is 549. The zero-order valence-corrected chi connectivity index (χ0v) is 12.1. The van der Waals surface area contributed by atoms with Gasteiger partial charge in [0.1, 0.15) is 11.5 Å². The Labute approximate surface area is 120 Å². The molecule has 2 aromatic rings. The molecule has 0 aliphatic heterocycles. The predicted octanol–water partition coefficient (Wildman–Crippen LogP) is 3.73. The maximum Gasteiger partial charge on any atom is 0.122 e. The minimum atomic E-state index is 0.634. The second kappa shape index (κ2) is 6.85. The minimum Gasteiger partial charge on any atom is -0.493 e. The lowest BCUT2D eigenvalue weighted by molar-refractivity contribution is 0.246. The van der Waals surface area contributed by atoms with E-state index in [2.05, 4.69) is 26.0 Å². The van der Waals surface area contributed by atoms with E-state index in [1.54, 1.807) is 0 Å². The summed E-state index contributed by atoms with van der Waals surface area (Å²) in [5.41, 5.74) is 8.78. The Morgan fingerprint density at radius 2 is 1.60 bits per heavy atom. The highest BCUT2D eigenvalue weighted by Crippen LogP contribution is 2.19. The number of anilines is 1. The van der Waals surface area contributed by atoms with Crippen LogP contribution in [0.2, 0.25) is 0 Å². The number of rotatable bonds is 6. The zero-order valence-electron chi connectivity index (χ0n) is 12.1. The fourth-order valence-corrected chi connectivity index (χ4v) is 1.96. The van der Waals surface area contributed by atoms with Crippen LogP contribution < -0.4 is 15.2 Å². The first-order chi connectivity index (χ1) is 9.65. The molecule has 0 amide bonds. The lowest BCUT2D eigenvalue weighted by Gasteiger charge is -2.10. The molecule has 0 spiro atoms. The summed E-state index contributed by atoms with van der Waals surface area (Å²) in [6.07, 6.45) is 0.845. The van der Waals surface area contributed by atoms with Gasteiger partial charge in [0.25, 0.3) is 0 Å². The van der Waals surface area contributed by atoms with Crippen molar-refractivity contribution in [2.75, 3.05) is 18.9 Å². The highest BCUT2D eigenvalue weighted by Gasteiger charge is 1.99. The number of nitrogens with two attached hydrogens (primary N) is 1. The Kier molecular flexibility index (Phi) is 4.88. The Morgan fingerprint density at radius 1 is 0.900 bits per heavy atom. The van der Waals surface area contributed by atoms with Crippen LogP contribution in [0.15, 0.2) is 42.5 Å². The van der Waals surface area contributed by atoms with E-state index in [0.29, 0.717) is 13.2 Å². The molecule has 0 aromatic heterocycles. The van der Waals surface area contributed by atoms with Crippen LogP contribution in [-0.2, 0) is 0 Å². The first kappa shape index (κ1) is 14.3. The molecule has 0 fully saturated rings. The largest absolute Gasteiger partial charge is 0.493 e. The third-order valence-corrected chi connectivity index (χ3v) is 3.03. The van der Waals surface area contributed by atoms with Gasteiger partial charge in [-0.1, -0.05) is 17.7 Å². The molecule has 0 bridgehead atoms. The van der Waals surface area contributed by atoms with Crippen molar-refractivity contribution < 1.29 is 9.47 Å². The van der Waals surface area contributed by atoms with Crippen LogP contribution in [0.5, 0.6) is 11.5 Å². The van der Waals surface area contributed by atoms with Crippen molar-refractivity contribution >= 4 is 5.69 Å². The lowest BCUT2D eigenvalue weighted by atomic mass is 10.1. The third kappa shape index (κ3) is 4.19. The molecule has 3 nitrogen and oxygen atoms in total. The van der Waals surface area contributed by atoms with Gasteiger partial charge in [0.05, 0.1) is 13.2 Å². The Balaban J connectivity index is 1.70. The zero-order chi connectivity index (χ0) is 14.4. The van der Waals surface area contributed by atoms with Gasteiger partial charge in [-0.25, -0.2) is 0 Å². The van der Waals surface area contributed by atoms with Gasteiger partial charge in [0, 0.05) is 12.1 Å². The van der Waals surface area contributed by atoms with Gasteiger partial charge in [-0.05, 0) is 49.7 Å². The average Bonchev–Trinajstić information content (AvgIpc) is 2.42. The van der Waals surface area contributed by atoms with Crippen molar-refractivity contribution in [3.8, 4) is 11.5 Å². The molecule has 0 aliphatic carbocycles. The molecular weight excluding hydrogens is 250 g/mol. The number of ether oxygens (including phenoxy) is 2. The lowest BCUT2D eigenvalue weighted by Crippen LogP contribution is -2.05. The second-order valence-corrected chi connectivity index (χ2v) is 4.89. The van der Waals surface area contributed by atoms with Gasteiger partial charge >= 0.3 is 0 Å². The van der Waals surface area contributed by atoms with Gasteiger partial charge in [-0.3, -0.25) is 0 Å². The number of hydrogen-bond acceptors (Lipinski definition) is 3.